The molecule has 0 aliphatic carbocycles. The largest absolute Gasteiger partial charge is 0.341 e. The number of nitrogens with two attached hydrogens (primary N) is 1. The standard InChI is InChI=1S/C14H22N4O2/c1-14(2,3)11(15)12(19)17-9-5-7-10(8-6-9)18-13(20)16-4/h5-8,11H,15H2,1-4H3,(H,17,19)(H2,16,18,20)/t11-/m0/s1. The molecule has 0 spiro atoms. The normalized spacial score (nSPS) is 12.4. The number of carbonyl (C=O) groups excluding carboxylic acids is 2. The summed E-state index contributed by atoms with van der Waals surface area (Å²) in [7, 11) is 1.54. The van der Waals surface area contributed by atoms with Crippen LogP contribution < -0.4 is 21.7 Å². The minimum Gasteiger partial charge on any atom is -0.341 e. The van der Waals surface area contributed by atoms with Crippen molar-refractivity contribution in [1.29, 1.82) is 0 Å². The molecular formula is C14H22N4O2. The Hall–Kier alpha value is -2.08. The van der Waals surface area contributed by atoms with E-state index in [1.54, 1.807) is 24.3 Å². The monoisotopic (exact) mass is 278 g/mol. The van der Waals surface area contributed by atoms with Gasteiger partial charge >= 0.3 is 6.03 Å². The molecule has 5 N–H and O–H groups in total. The predicted octanol–water partition coefficient (Wildman–Crippen LogP) is 1.75. The molecule has 110 valence electrons. The number of rotatable bonds is 3. The van der Waals surface area contributed by atoms with E-state index in [0.717, 1.165) is 0 Å². The lowest BCUT2D eigenvalue weighted by atomic mass is 9.87. The molecule has 0 fully saturated rings. The lowest BCUT2D eigenvalue weighted by Gasteiger charge is -2.25. The maximum atomic E-state index is 12.0. The first kappa shape index (κ1) is 16.0. The Morgan fingerprint density at radius 3 is 1.90 bits per heavy atom. The van der Waals surface area contributed by atoms with Gasteiger partial charge in [0.2, 0.25) is 5.91 Å². The maximum absolute atomic E-state index is 12.0. The molecule has 0 bridgehead atoms. The first-order valence-electron chi connectivity index (χ1n) is 6.39. The molecule has 20 heavy (non-hydrogen) atoms. The molecule has 1 rings (SSSR count). The molecule has 3 amide bonds. The first-order chi connectivity index (χ1) is 9.24. The molecule has 1 aromatic carbocycles. The van der Waals surface area contributed by atoms with Crippen molar-refractivity contribution in [2.75, 3.05) is 17.7 Å². The van der Waals surface area contributed by atoms with Crippen molar-refractivity contribution in [2.45, 2.75) is 26.8 Å². The summed E-state index contributed by atoms with van der Waals surface area (Å²) < 4.78 is 0. The third-order valence-corrected chi connectivity index (χ3v) is 2.85. The summed E-state index contributed by atoms with van der Waals surface area (Å²) in [6.07, 6.45) is 0. The Morgan fingerprint density at radius 1 is 1.05 bits per heavy atom. The number of anilines is 2. The summed E-state index contributed by atoms with van der Waals surface area (Å²) in [6, 6.07) is 5.93. The van der Waals surface area contributed by atoms with Crippen LogP contribution in [0.4, 0.5) is 16.2 Å². The summed E-state index contributed by atoms with van der Waals surface area (Å²) in [5.41, 5.74) is 6.86. The van der Waals surface area contributed by atoms with Crippen molar-refractivity contribution in [3.63, 3.8) is 0 Å². The van der Waals surface area contributed by atoms with E-state index in [4.69, 9.17) is 5.73 Å². The summed E-state index contributed by atoms with van der Waals surface area (Å²) in [5, 5.41) is 7.84. The van der Waals surface area contributed by atoms with Gasteiger partial charge in [0.15, 0.2) is 0 Å². The van der Waals surface area contributed by atoms with Gasteiger partial charge in [-0.3, -0.25) is 4.79 Å². The minimum atomic E-state index is -0.592. The third-order valence-electron chi connectivity index (χ3n) is 2.85. The second-order valence-corrected chi connectivity index (χ2v) is 5.61. The van der Waals surface area contributed by atoms with Crippen LogP contribution in [-0.4, -0.2) is 25.0 Å². The van der Waals surface area contributed by atoms with Crippen molar-refractivity contribution in [3.05, 3.63) is 24.3 Å². The Morgan fingerprint density at radius 2 is 1.50 bits per heavy atom. The molecule has 1 aromatic rings. The number of hydrogen-bond acceptors (Lipinski definition) is 3. The second-order valence-electron chi connectivity index (χ2n) is 5.61. The predicted molar refractivity (Wildman–Crippen MR) is 80.6 cm³/mol. The quantitative estimate of drug-likeness (QED) is 0.678. The van der Waals surface area contributed by atoms with Gasteiger partial charge in [0.25, 0.3) is 0 Å². The first-order valence-corrected chi connectivity index (χ1v) is 6.39. The van der Waals surface area contributed by atoms with Crippen LogP contribution in [0.2, 0.25) is 0 Å². The fraction of sp³-hybridized carbons (Fsp3) is 0.429. The van der Waals surface area contributed by atoms with Gasteiger partial charge in [0.05, 0.1) is 6.04 Å². The minimum absolute atomic E-state index is 0.232. The van der Waals surface area contributed by atoms with E-state index in [1.807, 2.05) is 20.8 Å². The lowest BCUT2D eigenvalue weighted by molar-refractivity contribution is -0.119. The highest BCUT2D eigenvalue weighted by molar-refractivity contribution is 5.95. The number of benzene rings is 1. The van der Waals surface area contributed by atoms with Gasteiger partial charge in [-0.1, -0.05) is 20.8 Å². The Bertz CT molecular complexity index is 477. The Labute approximate surface area is 119 Å². The lowest BCUT2D eigenvalue weighted by Crippen LogP contribution is -2.45. The van der Waals surface area contributed by atoms with Crippen molar-refractivity contribution in [2.24, 2.45) is 11.1 Å². The Balaban J connectivity index is 2.66. The summed E-state index contributed by atoms with van der Waals surface area (Å²) in [6.45, 7) is 5.73. The maximum Gasteiger partial charge on any atom is 0.318 e. The molecule has 0 heterocycles. The highest BCUT2D eigenvalue weighted by atomic mass is 16.2. The molecule has 0 unspecified atom stereocenters. The third kappa shape index (κ3) is 4.55. The summed E-state index contributed by atoms with van der Waals surface area (Å²) in [5.74, 6) is -0.232. The van der Waals surface area contributed by atoms with Crippen LogP contribution >= 0.6 is 0 Å². The Kier molecular flexibility index (Phi) is 5.10. The van der Waals surface area contributed by atoms with Gasteiger partial charge in [-0.05, 0) is 29.7 Å². The molecule has 1 atom stereocenters. The SMILES string of the molecule is CNC(=O)Nc1ccc(NC(=O)[C@H](N)C(C)(C)C)cc1. The van der Waals surface area contributed by atoms with E-state index in [2.05, 4.69) is 16.0 Å². The zero-order valence-corrected chi connectivity index (χ0v) is 12.3. The summed E-state index contributed by atoms with van der Waals surface area (Å²) >= 11 is 0. The molecule has 6 heteroatoms. The van der Waals surface area contributed by atoms with E-state index < -0.39 is 6.04 Å². The fourth-order valence-corrected chi connectivity index (χ4v) is 1.44. The fourth-order valence-electron chi connectivity index (χ4n) is 1.44. The average Bonchev–Trinajstić information content (AvgIpc) is 2.38. The van der Waals surface area contributed by atoms with Gasteiger partial charge in [-0.25, -0.2) is 4.79 Å². The van der Waals surface area contributed by atoms with Crippen molar-refractivity contribution in [3.8, 4) is 0 Å². The molecule has 0 saturated heterocycles. The number of nitrogens with one attached hydrogen (secondary N) is 3. The molecular weight excluding hydrogens is 256 g/mol. The van der Waals surface area contributed by atoms with Gasteiger partial charge in [-0.15, -0.1) is 0 Å². The van der Waals surface area contributed by atoms with E-state index in [0.29, 0.717) is 11.4 Å². The van der Waals surface area contributed by atoms with Crippen molar-refractivity contribution >= 4 is 23.3 Å². The van der Waals surface area contributed by atoms with Crippen LogP contribution in [0.1, 0.15) is 20.8 Å². The number of amides is 3. The summed E-state index contributed by atoms with van der Waals surface area (Å²) in [4.78, 5) is 23.1. The van der Waals surface area contributed by atoms with Gasteiger partial charge < -0.3 is 21.7 Å². The van der Waals surface area contributed by atoms with Crippen molar-refractivity contribution in [1.82, 2.24) is 5.32 Å². The highest BCUT2D eigenvalue weighted by Crippen LogP contribution is 2.19. The number of hydrogen-bond donors (Lipinski definition) is 4. The zero-order valence-electron chi connectivity index (χ0n) is 12.3. The number of carbonyl (C=O) groups is 2. The van der Waals surface area contributed by atoms with Crippen molar-refractivity contribution < 1.29 is 9.59 Å². The van der Waals surface area contributed by atoms with E-state index >= 15 is 0 Å². The molecule has 0 aliphatic rings. The molecule has 0 aromatic heterocycles. The van der Waals surface area contributed by atoms with Gasteiger partial charge in [0, 0.05) is 18.4 Å². The van der Waals surface area contributed by atoms with Crippen LogP contribution in [0.3, 0.4) is 0 Å². The van der Waals surface area contributed by atoms with E-state index in [-0.39, 0.29) is 17.4 Å². The molecule has 6 nitrogen and oxygen atoms in total. The van der Waals surface area contributed by atoms with Crippen LogP contribution in [0.5, 0.6) is 0 Å². The van der Waals surface area contributed by atoms with Crippen LogP contribution in [-0.2, 0) is 4.79 Å². The molecule has 0 aliphatic heterocycles. The second kappa shape index (κ2) is 6.38. The van der Waals surface area contributed by atoms with E-state index in [1.165, 1.54) is 7.05 Å². The van der Waals surface area contributed by atoms with E-state index in [9.17, 15) is 9.59 Å². The average molecular weight is 278 g/mol. The highest BCUT2D eigenvalue weighted by Gasteiger charge is 2.27. The molecule has 0 radical (unpaired) electrons. The van der Waals surface area contributed by atoms with Crippen LogP contribution in [0.25, 0.3) is 0 Å². The van der Waals surface area contributed by atoms with Gasteiger partial charge in [0.1, 0.15) is 0 Å². The zero-order chi connectivity index (χ0) is 15.3. The molecule has 0 saturated carbocycles. The smallest absolute Gasteiger partial charge is 0.318 e. The van der Waals surface area contributed by atoms with Gasteiger partial charge in [-0.2, -0.15) is 0 Å². The topological polar surface area (TPSA) is 96.2 Å². The van der Waals surface area contributed by atoms with Crippen LogP contribution in [0.15, 0.2) is 24.3 Å². The number of urea groups is 1. The van der Waals surface area contributed by atoms with Crippen LogP contribution in [0, 0.1) is 5.41 Å².